The van der Waals surface area contributed by atoms with E-state index in [0.717, 1.165) is 32.1 Å². The molecule has 0 saturated heterocycles. The summed E-state index contributed by atoms with van der Waals surface area (Å²) in [6.07, 6.45) is 7.61. The van der Waals surface area contributed by atoms with Crippen molar-refractivity contribution in [2.75, 3.05) is 6.61 Å². The number of rotatable bonds is 12. The van der Waals surface area contributed by atoms with Crippen LogP contribution in [0, 0.1) is 57.2 Å². The molecule has 5 aliphatic carbocycles. The maximum atomic E-state index is 14.3. The molecule has 2 spiro atoms. The molecule has 288 valence electrons. The number of esters is 4. The van der Waals surface area contributed by atoms with Crippen LogP contribution in [-0.4, -0.2) is 59.9 Å². The number of ether oxygens (including phenoxy) is 4. The zero-order chi connectivity index (χ0) is 38.8. The van der Waals surface area contributed by atoms with Gasteiger partial charge in [0.15, 0.2) is 17.7 Å². The van der Waals surface area contributed by atoms with E-state index < -0.39 is 59.3 Å². The lowest BCUT2D eigenvalue weighted by Crippen LogP contribution is -2.56. The number of Topliss-reactive ketones (excluding diaryl/α,β-unsaturated/α-hetero) is 1. The third-order valence-electron chi connectivity index (χ3n) is 14.3. The number of hydrogen-bond acceptors (Lipinski definition) is 10. The lowest BCUT2D eigenvalue weighted by Gasteiger charge is -2.61. The Morgan fingerprint density at radius 1 is 0.962 bits per heavy atom. The molecule has 4 fully saturated rings. The summed E-state index contributed by atoms with van der Waals surface area (Å²) in [5, 5.41) is 0. The predicted octanol–water partition coefficient (Wildman–Crippen LogP) is 6.92. The Morgan fingerprint density at radius 2 is 1.62 bits per heavy atom. The zero-order valence-corrected chi connectivity index (χ0v) is 32.9. The van der Waals surface area contributed by atoms with Crippen molar-refractivity contribution in [1.82, 2.24) is 0 Å². The van der Waals surface area contributed by atoms with Crippen LogP contribution in [0.3, 0.4) is 0 Å². The second-order valence-electron chi connectivity index (χ2n) is 18.3. The molecule has 2 unspecified atom stereocenters. The fraction of sp³-hybridized carbons (Fsp3) is 0.762. The van der Waals surface area contributed by atoms with Crippen molar-refractivity contribution < 1.29 is 47.7 Å². The molecule has 10 heteroatoms. The Bertz CT molecular complexity index is 1550. The average Bonchev–Trinajstić information content (AvgIpc) is 3.65. The topological polar surface area (TPSA) is 139 Å². The van der Waals surface area contributed by atoms with Gasteiger partial charge in [0.2, 0.25) is 0 Å². The minimum absolute atomic E-state index is 0.0170. The van der Waals surface area contributed by atoms with Gasteiger partial charge in [0.05, 0.1) is 19.4 Å². The minimum Gasteiger partial charge on any atom is -0.465 e. The molecule has 0 radical (unpaired) electrons. The van der Waals surface area contributed by atoms with Gasteiger partial charge in [-0.2, -0.15) is 0 Å². The van der Waals surface area contributed by atoms with Gasteiger partial charge in [-0.1, -0.05) is 47.3 Å². The monoisotopic (exact) mass is 724 g/mol. The van der Waals surface area contributed by atoms with Crippen molar-refractivity contribution in [1.29, 1.82) is 0 Å². The standard InChI is InChI=1S/C42H60O10/c1-23(21-49-33(46)14-15-34(47)52-38(7,8)9)24(2)36(48)37(51-28(6)44)26(4)35-31(50-27(5)43)20-40(11)32-13-12-29-25(3)30(45)16-17-41(29)22-42(32,41)19-18-39(35,40)10/h16-17,23,25-26,29,31-32,35,37H,2,12-15,18-22H2,1,3-11H3/t23-,25-,26-,29?,31-,32?,35-,37+,39+,40-,41+,42-/m0/s1. The molecule has 0 aliphatic heterocycles. The smallest absolute Gasteiger partial charge is 0.306 e. The van der Waals surface area contributed by atoms with Crippen LogP contribution in [0.1, 0.15) is 121 Å². The molecule has 0 bridgehead atoms. The van der Waals surface area contributed by atoms with Crippen LogP contribution in [0.4, 0.5) is 0 Å². The van der Waals surface area contributed by atoms with Crippen LogP contribution in [0.5, 0.6) is 0 Å². The molecule has 0 amide bonds. The van der Waals surface area contributed by atoms with E-state index in [1.54, 1.807) is 27.7 Å². The average molecular weight is 725 g/mol. The van der Waals surface area contributed by atoms with Crippen molar-refractivity contribution in [3.8, 4) is 0 Å². The highest BCUT2D eigenvalue weighted by Crippen LogP contribution is 2.87. The normalized spacial score (nSPS) is 37.5. The highest BCUT2D eigenvalue weighted by Gasteiger charge is 2.81. The van der Waals surface area contributed by atoms with Gasteiger partial charge in [-0.3, -0.25) is 28.8 Å². The number of allylic oxidation sites excluding steroid dienone is 2. The molecule has 4 saturated carbocycles. The SMILES string of the molecule is C=C(C(=O)[C@H](OC(C)=O)[C@@H](C)[C@H]1[C@@H](OC(C)=O)C[C@@]2(C)C3CCC4[C@H](C)C(=O)C=C[C@@]45C[C@@]35CC[C@]12C)[C@@H](C)COC(=O)CCC(=O)OC(C)(C)C. The molecule has 0 N–H and O–H groups in total. The van der Waals surface area contributed by atoms with Crippen LogP contribution in [-0.2, 0) is 47.7 Å². The van der Waals surface area contributed by atoms with E-state index in [2.05, 4.69) is 33.4 Å². The summed E-state index contributed by atoms with van der Waals surface area (Å²) in [5.41, 5.74) is -0.984. The number of fused-ring (bicyclic) bond motifs is 2. The van der Waals surface area contributed by atoms with Crippen LogP contribution in [0.15, 0.2) is 24.3 Å². The number of ketones is 2. The lowest BCUT2D eigenvalue weighted by molar-refractivity contribution is -0.166. The molecule has 0 heterocycles. The lowest BCUT2D eigenvalue weighted by atomic mass is 9.43. The molecule has 0 aromatic heterocycles. The maximum absolute atomic E-state index is 14.3. The number of carbonyl (C=O) groups excluding carboxylic acids is 6. The summed E-state index contributed by atoms with van der Waals surface area (Å²) in [6, 6.07) is 0. The zero-order valence-electron chi connectivity index (χ0n) is 32.9. The quantitative estimate of drug-likeness (QED) is 0.118. The highest BCUT2D eigenvalue weighted by atomic mass is 16.6. The summed E-state index contributed by atoms with van der Waals surface area (Å²) < 4.78 is 22.6. The van der Waals surface area contributed by atoms with Gasteiger partial charge in [0.25, 0.3) is 0 Å². The summed E-state index contributed by atoms with van der Waals surface area (Å²) in [7, 11) is 0. The van der Waals surface area contributed by atoms with Crippen LogP contribution < -0.4 is 0 Å². The van der Waals surface area contributed by atoms with E-state index in [9.17, 15) is 28.8 Å². The predicted molar refractivity (Wildman–Crippen MR) is 192 cm³/mol. The van der Waals surface area contributed by atoms with Gasteiger partial charge < -0.3 is 18.9 Å². The van der Waals surface area contributed by atoms with Crippen molar-refractivity contribution >= 4 is 35.4 Å². The fourth-order valence-corrected chi connectivity index (χ4v) is 11.8. The fourth-order valence-electron chi connectivity index (χ4n) is 11.8. The summed E-state index contributed by atoms with van der Waals surface area (Å²) in [5.74, 6) is -3.05. The third kappa shape index (κ3) is 6.69. The molecule has 5 rings (SSSR count). The first-order valence-corrected chi connectivity index (χ1v) is 19.2. The first-order valence-electron chi connectivity index (χ1n) is 19.2. The molecule has 10 nitrogen and oxygen atoms in total. The Kier molecular flexibility index (Phi) is 10.6. The van der Waals surface area contributed by atoms with Crippen molar-refractivity contribution in [2.45, 2.75) is 138 Å². The van der Waals surface area contributed by atoms with Crippen LogP contribution in [0.25, 0.3) is 0 Å². The first-order chi connectivity index (χ1) is 24.0. The van der Waals surface area contributed by atoms with E-state index in [1.807, 2.05) is 13.0 Å². The largest absolute Gasteiger partial charge is 0.465 e. The molecule has 0 aromatic carbocycles. The second kappa shape index (κ2) is 13.8. The molecule has 5 aliphatic rings. The Balaban J connectivity index is 1.35. The third-order valence-corrected chi connectivity index (χ3v) is 14.3. The number of carbonyl (C=O) groups is 6. The molecular formula is C42H60O10. The van der Waals surface area contributed by atoms with Gasteiger partial charge >= 0.3 is 23.9 Å². The van der Waals surface area contributed by atoms with Crippen LogP contribution in [0.2, 0.25) is 0 Å². The van der Waals surface area contributed by atoms with Crippen LogP contribution >= 0.6 is 0 Å². The first kappa shape index (κ1) is 39.9. The molecule has 52 heavy (non-hydrogen) atoms. The second-order valence-corrected chi connectivity index (χ2v) is 18.3. The summed E-state index contributed by atoms with van der Waals surface area (Å²) in [4.78, 5) is 76.7. The van der Waals surface area contributed by atoms with Gasteiger partial charge in [0, 0.05) is 37.5 Å². The van der Waals surface area contributed by atoms with E-state index in [4.69, 9.17) is 18.9 Å². The molecule has 12 atom stereocenters. The van der Waals surface area contributed by atoms with Crippen molar-refractivity contribution in [3.05, 3.63) is 24.3 Å². The van der Waals surface area contributed by atoms with Gasteiger partial charge in [-0.15, -0.1) is 0 Å². The molecular weight excluding hydrogens is 664 g/mol. The Labute approximate surface area is 309 Å². The van der Waals surface area contributed by atoms with Gasteiger partial charge in [-0.05, 0) is 104 Å². The van der Waals surface area contributed by atoms with E-state index >= 15 is 0 Å². The van der Waals surface area contributed by atoms with Gasteiger partial charge in [0.1, 0.15) is 11.7 Å². The summed E-state index contributed by atoms with van der Waals surface area (Å²) >= 11 is 0. The van der Waals surface area contributed by atoms with E-state index in [0.29, 0.717) is 18.3 Å². The Morgan fingerprint density at radius 3 is 2.23 bits per heavy atom. The molecule has 0 aromatic rings. The van der Waals surface area contributed by atoms with Gasteiger partial charge in [-0.25, -0.2) is 0 Å². The Hall–Kier alpha value is -3.30. The van der Waals surface area contributed by atoms with E-state index in [-0.39, 0.29) is 64.3 Å². The van der Waals surface area contributed by atoms with Crippen molar-refractivity contribution in [3.63, 3.8) is 0 Å². The van der Waals surface area contributed by atoms with Crippen molar-refractivity contribution in [2.24, 2.45) is 57.2 Å². The highest BCUT2D eigenvalue weighted by molar-refractivity contribution is 6.00. The number of hydrogen-bond donors (Lipinski definition) is 0. The van der Waals surface area contributed by atoms with E-state index in [1.165, 1.54) is 13.8 Å². The summed E-state index contributed by atoms with van der Waals surface area (Å²) in [6.45, 7) is 22.2. The minimum atomic E-state index is -1.19. The maximum Gasteiger partial charge on any atom is 0.306 e.